The van der Waals surface area contributed by atoms with E-state index in [-0.39, 0.29) is 18.6 Å². The summed E-state index contributed by atoms with van der Waals surface area (Å²) in [6, 6.07) is 12.8. The molecule has 2 aromatic carbocycles. The highest BCUT2D eigenvalue weighted by Crippen LogP contribution is 2.31. The molecule has 1 amide bonds. The van der Waals surface area contributed by atoms with Gasteiger partial charge in [0.15, 0.2) is 11.5 Å². The average Bonchev–Trinajstić information content (AvgIpc) is 2.68. The molecule has 0 spiro atoms. The number of hydrogen-bond acceptors (Lipinski definition) is 5. The standard InChI is InChI=1S/C21H28N2O4/c1-14-7-5-6-8-15(14)11-18(23-21(24)17(22)13-25-2)16-9-10-19(26-3)20(12-16)27-4/h5-10,12,17-18H,11,13,22H2,1-4H3,(H,23,24). The van der Waals surface area contributed by atoms with Gasteiger partial charge in [0, 0.05) is 7.11 Å². The van der Waals surface area contributed by atoms with Crippen LogP contribution in [0.15, 0.2) is 42.5 Å². The van der Waals surface area contributed by atoms with E-state index in [0.717, 1.165) is 11.1 Å². The van der Waals surface area contributed by atoms with Crippen molar-refractivity contribution in [3.8, 4) is 11.5 Å². The summed E-state index contributed by atoms with van der Waals surface area (Å²) in [7, 11) is 4.70. The minimum Gasteiger partial charge on any atom is -0.493 e. The highest BCUT2D eigenvalue weighted by molar-refractivity contribution is 5.82. The Bertz CT molecular complexity index is 764. The Hall–Kier alpha value is -2.57. The summed E-state index contributed by atoms with van der Waals surface area (Å²) in [5, 5.41) is 3.04. The van der Waals surface area contributed by atoms with Crippen LogP contribution in [0, 0.1) is 6.92 Å². The molecule has 0 saturated heterocycles. The molecule has 2 unspecified atom stereocenters. The van der Waals surface area contributed by atoms with Crippen LogP contribution >= 0.6 is 0 Å². The molecule has 0 heterocycles. The molecular weight excluding hydrogens is 344 g/mol. The molecule has 0 bridgehead atoms. The molecule has 6 nitrogen and oxygen atoms in total. The summed E-state index contributed by atoms with van der Waals surface area (Å²) in [5.74, 6) is 0.990. The van der Waals surface area contributed by atoms with E-state index in [4.69, 9.17) is 19.9 Å². The second-order valence-corrected chi connectivity index (χ2v) is 6.37. The van der Waals surface area contributed by atoms with Gasteiger partial charge in [-0.25, -0.2) is 0 Å². The molecule has 2 rings (SSSR count). The smallest absolute Gasteiger partial charge is 0.239 e. The normalized spacial score (nSPS) is 12.9. The van der Waals surface area contributed by atoms with Crippen molar-refractivity contribution >= 4 is 5.91 Å². The maximum absolute atomic E-state index is 12.5. The molecule has 0 aliphatic carbocycles. The third-order valence-electron chi connectivity index (χ3n) is 4.49. The van der Waals surface area contributed by atoms with Gasteiger partial charge in [0.1, 0.15) is 6.04 Å². The van der Waals surface area contributed by atoms with Crippen LogP contribution in [0.25, 0.3) is 0 Å². The number of carbonyl (C=O) groups is 1. The lowest BCUT2D eigenvalue weighted by atomic mass is 9.95. The Morgan fingerprint density at radius 3 is 2.41 bits per heavy atom. The molecule has 0 radical (unpaired) electrons. The van der Waals surface area contributed by atoms with E-state index in [0.29, 0.717) is 17.9 Å². The highest BCUT2D eigenvalue weighted by Gasteiger charge is 2.21. The van der Waals surface area contributed by atoms with Gasteiger partial charge in [0.25, 0.3) is 0 Å². The molecule has 0 fully saturated rings. The van der Waals surface area contributed by atoms with Crippen LogP contribution in [0.1, 0.15) is 22.7 Å². The SMILES string of the molecule is COCC(N)C(=O)NC(Cc1ccccc1C)c1ccc(OC)c(OC)c1. The number of hydrogen-bond donors (Lipinski definition) is 2. The number of ether oxygens (including phenoxy) is 3. The molecule has 0 aromatic heterocycles. The van der Waals surface area contributed by atoms with Gasteiger partial charge in [0.2, 0.25) is 5.91 Å². The number of methoxy groups -OCH3 is 3. The Morgan fingerprint density at radius 1 is 1.07 bits per heavy atom. The number of nitrogens with two attached hydrogens (primary N) is 1. The second kappa shape index (κ2) is 9.94. The fraction of sp³-hybridized carbons (Fsp3) is 0.381. The van der Waals surface area contributed by atoms with Crippen molar-refractivity contribution in [2.45, 2.75) is 25.4 Å². The van der Waals surface area contributed by atoms with Gasteiger partial charge in [-0.2, -0.15) is 0 Å². The Kier molecular flexibility index (Phi) is 7.64. The van der Waals surface area contributed by atoms with Gasteiger partial charge in [-0.1, -0.05) is 30.3 Å². The number of rotatable bonds is 9. The third-order valence-corrected chi connectivity index (χ3v) is 4.49. The van der Waals surface area contributed by atoms with E-state index in [1.807, 2.05) is 30.3 Å². The lowest BCUT2D eigenvalue weighted by Crippen LogP contribution is -2.45. The number of aryl methyl sites for hydroxylation is 1. The van der Waals surface area contributed by atoms with Gasteiger partial charge < -0.3 is 25.3 Å². The molecule has 0 aliphatic heterocycles. The van der Waals surface area contributed by atoms with Gasteiger partial charge in [0.05, 0.1) is 26.9 Å². The van der Waals surface area contributed by atoms with Crippen molar-refractivity contribution in [3.63, 3.8) is 0 Å². The highest BCUT2D eigenvalue weighted by atomic mass is 16.5. The van der Waals surface area contributed by atoms with Crippen LogP contribution in [0.5, 0.6) is 11.5 Å². The lowest BCUT2D eigenvalue weighted by molar-refractivity contribution is -0.124. The van der Waals surface area contributed by atoms with E-state index < -0.39 is 6.04 Å². The summed E-state index contributed by atoms with van der Waals surface area (Å²) in [5.41, 5.74) is 9.12. The first-order valence-electron chi connectivity index (χ1n) is 8.81. The molecular formula is C21H28N2O4. The Balaban J connectivity index is 2.34. The van der Waals surface area contributed by atoms with Crippen LogP contribution < -0.4 is 20.5 Å². The molecule has 27 heavy (non-hydrogen) atoms. The molecule has 2 aromatic rings. The number of carbonyl (C=O) groups excluding carboxylic acids is 1. The third kappa shape index (κ3) is 5.45. The molecule has 2 atom stereocenters. The fourth-order valence-corrected chi connectivity index (χ4v) is 2.91. The first-order valence-corrected chi connectivity index (χ1v) is 8.81. The van der Waals surface area contributed by atoms with Crippen LogP contribution in [0.4, 0.5) is 0 Å². The molecule has 3 N–H and O–H groups in total. The van der Waals surface area contributed by atoms with E-state index in [1.165, 1.54) is 12.7 Å². The van der Waals surface area contributed by atoms with Crippen molar-refractivity contribution in [2.24, 2.45) is 5.73 Å². The van der Waals surface area contributed by atoms with Gasteiger partial charge in [-0.3, -0.25) is 4.79 Å². The van der Waals surface area contributed by atoms with Gasteiger partial charge >= 0.3 is 0 Å². The number of benzene rings is 2. The van der Waals surface area contributed by atoms with Gasteiger partial charge in [-0.15, -0.1) is 0 Å². The molecule has 0 saturated carbocycles. The van der Waals surface area contributed by atoms with E-state index in [1.54, 1.807) is 14.2 Å². The number of amides is 1. The van der Waals surface area contributed by atoms with E-state index in [9.17, 15) is 4.79 Å². The zero-order valence-electron chi connectivity index (χ0n) is 16.3. The zero-order valence-corrected chi connectivity index (χ0v) is 16.3. The van der Waals surface area contributed by atoms with E-state index >= 15 is 0 Å². The zero-order chi connectivity index (χ0) is 19.8. The quantitative estimate of drug-likeness (QED) is 0.706. The minimum atomic E-state index is -0.727. The number of nitrogens with one attached hydrogen (secondary N) is 1. The topological polar surface area (TPSA) is 82.8 Å². The van der Waals surface area contributed by atoms with Crippen LogP contribution in [-0.4, -0.2) is 39.9 Å². The molecule has 146 valence electrons. The van der Waals surface area contributed by atoms with Crippen LogP contribution in [-0.2, 0) is 16.0 Å². The predicted molar refractivity (Wildman–Crippen MR) is 105 cm³/mol. The van der Waals surface area contributed by atoms with Crippen molar-refractivity contribution in [2.75, 3.05) is 27.9 Å². The molecule has 0 aliphatic rings. The van der Waals surface area contributed by atoms with E-state index in [2.05, 4.69) is 24.4 Å². The minimum absolute atomic E-state index is 0.162. The lowest BCUT2D eigenvalue weighted by Gasteiger charge is -2.23. The second-order valence-electron chi connectivity index (χ2n) is 6.37. The Labute approximate surface area is 160 Å². The maximum Gasteiger partial charge on any atom is 0.239 e. The first-order chi connectivity index (χ1) is 13.0. The average molecular weight is 372 g/mol. The summed E-state index contributed by atoms with van der Waals surface area (Å²) >= 11 is 0. The maximum atomic E-state index is 12.5. The first kappa shape index (κ1) is 20.7. The van der Waals surface area contributed by atoms with Gasteiger partial charge in [-0.05, 0) is 42.2 Å². The fourth-order valence-electron chi connectivity index (χ4n) is 2.91. The van der Waals surface area contributed by atoms with Crippen molar-refractivity contribution in [3.05, 3.63) is 59.2 Å². The van der Waals surface area contributed by atoms with Crippen molar-refractivity contribution in [1.82, 2.24) is 5.32 Å². The monoisotopic (exact) mass is 372 g/mol. The predicted octanol–water partition coefficient (Wildman–Crippen LogP) is 2.39. The summed E-state index contributed by atoms with van der Waals surface area (Å²) in [4.78, 5) is 12.5. The molecule has 6 heteroatoms. The van der Waals surface area contributed by atoms with Crippen LogP contribution in [0.2, 0.25) is 0 Å². The summed E-state index contributed by atoms with van der Waals surface area (Å²) in [6.07, 6.45) is 0.633. The van der Waals surface area contributed by atoms with Crippen molar-refractivity contribution in [1.29, 1.82) is 0 Å². The van der Waals surface area contributed by atoms with Crippen molar-refractivity contribution < 1.29 is 19.0 Å². The van der Waals surface area contributed by atoms with Crippen LogP contribution in [0.3, 0.4) is 0 Å². The summed E-state index contributed by atoms with van der Waals surface area (Å²) in [6.45, 7) is 2.22. The summed E-state index contributed by atoms with van der Waals surface area (Å²) < 4.78 is 15.7. The Morgan fingerprint density at radius 2 is 1.78 bits per heavy atom. The largest absolute Gasteiger partial charge is 0.493 e.